The summed E-state index contributed by atoms with van der Waals surface area (Å²) < 4.78 is 0. The number of rotatable bonds is 5. The van der Waals surface area contributed by atoms with Crippen LogP contribution < -0.4 is 10.6 Å². The number of carbonyl (C=O) groups excluding carboxylic acids is 2. The molecule has 2 rings (SSSR count). The van der Waals surface area contributed by atoms with Gasteiger partial charge in [-0.1, -0.05) is 6.92 Å². The molecule has 0 unspecified atom stereocenters. The Balaban J connectivity index is 2.30. The van der Waals surface area contributed by atoms with Gasteiger partial charge in [0, 0.05) is 36.1 Å². The lowest BCUT2D eigenvalue weighted by molar-refractivity contribution is -0.120. The lowest BCUT2D eigenvalue weighted by Gasteiger charge is -2.04. The van der Waals surface area contributed by atoms with Crippen molar-refractivity contribution in [1.29, 1.82) is 0 Å². The maximum atomic E-state index is 11.8. The highest BCUT2D eigenvalue weighted by Crippen LogP contribution is 2.27. The van der Waals surface area contributed by atoms with E-state index < -0.39 is 0 Å². The van der Waals surface area contributed by atoms with Crippen molar-refractivity contribution in [2.24, 2.45) is 0 Å². The molecule has 1 aromatic rings. The van der Waals surface area contributed by atoms with Gasteiger partial charge in [-0.05, 0) is 56.4 Å². The molecule has 0 aliphatic carbocycles. The van der Waals surface area contributed by atoms with Crippen LogP contribution in [0.4, 0.5) is 0 Å². The monoisotopic (exact) mass is 315 g/mol. The van der Waals surface area contributed by atoms with Crippen LogP contribution in [0.25, 0.3) is 6.08 Å². The van der Waals surface area contributed by atoms with Gasteiger partial charge in [-0.2, -0.15) is 0 Å². The van der Waals surface area contributed by atoms with E-state index in [1.807, 2.05) is 26.8 Å². The van der Waals surface area contributed by atoms with Crippen molar-refractivity contribution in [1.82, 2.24) is 15.6 Å². The van der Waals surface area contributed by atoms with Gasteiger partial charge in [-0.25, -0.2) is 0 Å². The summed E-state index contributed by atoms with van der Waals surface area (Å²) in [6.07, 6.45) is 4.00. The fourth-order valence-corrected chi connectivity index (χ4v) is 3.05. The molecule has 2 amide bonds. The predicted octanol–water partition coefficient (Wildman–Crippen LogP) is 2.51. The van der Waals surface area contributed by atoms with E-state index in [0.717, 1.165) is 40.2 Å². The standard InChI is InChI=1S/C18H25N3O2/c1-6-13-11(3)18(23)21-16(13)9-15-10(2)14(12(4)20-15)7-8-17(22)19-5/h9,20H,6-8H2,1-5H3,(H,19,22)(H,21,23)/b16-9-. The molecule has 5 heteroatoms. The molecule has 5 nitrogen and oxygen atoms in total. The third-order valence-electron chi connectivity index (χ3n) is 4.52. The zero-order valence-corrected chi connectivity index (χ0v) is 14.5. The number of aromatic nitrogens is 1. The van der Waals surface area contributed by atoms with Gasteiger partial charge >= 0.3 is 0 Å². The van der Waals surface area contributed by atoms with Gasteiger partial charge in [0.05, 0.1) is 0 Å². The minimum Gasteiger partial charge on any atom is -0.359 e. The van der Waals surface area contributed by atoms with E-state index in [1.54, 1.807) is 7.05 Å². The first-order valence-corrected chi connectivity index (χ1v) is 8.00. The van der Waals surface area contributed by atoms with E-state index in [1.165, 1.54) is 5.56 Å². The summed E-state index contributed by atoms with van der Waals surface area (Å²) in [4.78, 5) is 26.7. The number of aromatic amines is 1. The average molecular weight is 315 g/mol. The van der Waals surface area contributed by atoms with E-state index in [4.69, 9.17) is 0 Å². The van der Waals surface area contributed by atoms with Crippen LogP contribution in [0.2, 0.25) is 0 Å². The second-order valence-corrected chi connectivity index (χ2v) is 5.91. The summed E-state index contributed by atoms with van der Waals surface area (Å²) in [5.74, 6) is 0.0219. The van der Waals surface area contributed by atoms with Crippen LogP contribution in [0, 0.1) is 13.8 Å². The Morgan fingerprint density at radius 3 is 2.57 bits per heavy atom. The molecule has 0 fully saturated rings. The Morgan fingerprint density at radius 2 is 1.96 bits per heavy atom. The molecule has 1 aliphatic heterocycles. The van der Waals surface area contributed by atoms with E-state index in [9.17, 15) is 9.59 Å². The van der Waals surface area contributed by atoms with Crippen LogP contribution in [-0.2, 0) is 16.0 Å². The second kappa shape index (κ2) is 6.86. The molecule has 23 heavy (non-hydrogen) atoms. The van der Waals surface area contributed by atoms with E-state index >= 15 is 0 Å². The van der Waals surface area contributed by atoms with Crippen molar-refractivity contribution in [3.63, 3.8) is 0 Å². The van der Waals surface area contributed by atoms with Gasteiger partial charge < -0.3 is 15.6 Å². The summed E-state index contributed by atoms with van der Waals surface area (Å²) in [6.45, 7) is 7.97. The SMILES string of the molecule is CCC1=C(C)C(=O)N/C1=C\c1[nH]c(C)c(CCC(=O)NC)c1C. The topological polar surface area (TPSA) is 74.0 Å². The fraction of sp³-hybridized carbons (Fsp3) is 0.444. The summed E-state index contributed by atoms with van der Waals surface area (Å²) in [5.41, 5.74) is 7.09. The summed E-state index contributed by atoms with van der Waals surface area (Å²) in [7, 11) is 1.65. The molecule has 0 saturated carbocycles. The molecule has 0 saturated heterocycles. The molecule has 0 aromatic carbocycles. The summed E-state index contributed by atoms with van der Waals surface area (Å²) in [6, 6.07) is 0. The number of nitrogens with one attached hydrogen (secondary N) is 3. The number of amides is 2. The van der Waals surface area contributed by atoms with Gasteiger partial charge in [0.2, 0.25) is 5.91 Å². The largest absolute Gasteiger partial charge is 0.359 e. The molecule has 0 bridgehead atoms. The van der Waals surface area contributed by atoms with Crippen molar-refractivity contribution in [2.45, 2.75) is 47.0 Å². The van der Waals surface area contributed by atoms with Gasteiger partial charge in [0.25, 0.3) is 5.91 Å². The first-order chi connectivity index (χ1) is 10.9. The number of carbonyl (C=O) groups is 2. The highest BCUT2D eigenvalue weighted by Gasteiger charge is 2.23. The first-order valence-electron chi connectivity index (χ1n) is 8.00. The van der Waals surface area contributed by atoms with Crippen LogP contribution in [0.3, 0.4) is 0 Å². The molecule has 2 heterocycles. The second-order valence-electron chi connectivity index (χ2n) is 5.91. The highest BCUT2D eigenvalue weighted by atomic mass is 16.2. The van der Waals surface area contributed by atoms with Gasteiger partial charge in [-0.3, -0.25) is 9.59 Å². The average Bonchev–Trinajstić information content (AvgIpc) is 2.94. The first kappa shape index (κ1) is 17.1. The minimum absolute atomic E-state index is 0.0196. The molecule has 0 atom stereocenters. The Morgan fingerprint density at radius 1 is 1.26 bits per heavy atom. The summed E-state index contributed by atoms with van der Waals surface area (Å²) in [5, 5.41) is 5.58. The Labute approximate surface area is 137 Å². The van der Waals surface area contributed by atoms with Crippen molar-refractivity contribution in [2.75, 3.05) is 7.05 Å². The smallest absolute Gasteiger partial charge is 0.251 e. The van der Waals surface area contributed by atoms with Crippen molar-refractivity contribution in [3.8, 4) is 0 Å². The lowest BCUT2D eigenvalue weighted by atomic mass is 10.0. The maximum Gasteiger partial charge on any atom is 0.251 e. The third kappa shape index (κ3) is 3.38. The maximum absolute atomic E-state index is 11.8. The number of H-pyrrole nitrogens is 1. The van der Waals surface area contributed by atoms with Gasteiger partial charge in [0.15, 0.2) is 0 Å². The molecule has 0 radical (unpaired) electrons. The van der Waals surface area contributed by atoms with E-state index in [2.05, 4.69) is 22.5 Å². The molecule has 1 aliphatic rings. The number of hydrogen-bond acceptors (Lipinski definition) is 2. The number of hydrogen-bond donors (Lipinski definition) is 3. The zero-order chi connectivity index (χ0) is 17.1. The van der Waals surface area contributed by atoms with Crippen molar-refractivity contribution < 1.29 is 9.59 Å². The van der Waals surface area contributed by atoms with Crippen LogP contribution in [0.5, 0.6) is 0 Å². The van der Waals surface area contributed by atoms with Gasteiger partial charge in [0.1, 0.15) is 0 Å². The molecule has 0 spiro atoms. The Kier molecular flexibility index (Phi) is 5.08. The van der Waals surface area contributed by atoms with Crippen LogP contribution in [0.15, 0.2) is 16.8 Å². The normalized spacial score (nSPS) is 16.2. The highest BCUT2D eigenvalue weighted by molar-refractivity contribution is 6.00. The lowest BCUT2D eigenvalue weighted by Crippen LogP contribution is -2.18. The Hall–Kier alpha value is -2.30. The van der Waals surface area contributed by atoms with Crippen molar-refractivity contribution in [3.05, 3.63) is 39.4 Å². The van der Waals surface area contributed by atoms with Crippen LogP contribution >= 0.6 is 0 Å². The zero-order valence-electron chi connectivity index (χ0n) is 14.5. The molecular formula is C18H25N3O2. The van der Waals surface area contributed by atoms with Crippen molar-refractivity contribution >= 4 is 17.9 Å². The third-order valence-corrected chi connectivity index (χ3v) is 4.52. The van der Waals surface area contributed by atoms with Gasteiger partial charge in [-0.15, -0.1) is 0 Å². The minimum atomic E-state index is -0.0196. The Bertz CT molecular complexity index is 708. The van der Waals surface area contributed by atoms with E-state index in [0.29, 0.717) is 12.8 Å². The van der Waals surface area contributed by atoms with Crippen LogP contribution in [0.1, 0.15) is 49.2 Å². The molecule has 124 valence electrons. The summed E-state index contributed by atoms with van der Waals surface area (Å²) >= 11 is 0. The number of allylic oxidation sites excluding steroid dienone is 1. The van der Waals surface area contributed by atoms with Crippen LogP contribution in [-0.4, -0.2) is 23.8 Å². The molecule has 3 N–H and O–H groups in total. The molecule has 1 aromatic heterocycles. The number of aryl methyl sites for hydroxylation is 1. The molecular weight excluding hydrogens is 290 g/mol. The fourth-order valence-electron chi connectivity index (χ4n) is 3.05. The predicted molar refractivity (Wildman–Crippen MR) is 91.8 cm³/mol. The van der Waals surface area contributed by atoms with E-state index in [-0.39, 0.29) is 11.8 Å². The quantitative estimate of drug-likeness (QED) is 0.781.